The predicted molar refractivity (Wildman–Crippen MR) is 215 cm³/mol. The second kappa shape index (κ2) is 39.6. The van der Waals surface area contributed by atoms with Crippen LogP contribution in [0.1, 0.15) is 246 Å². The van der Waals surface area contributed by atoms with Crippen molar-refractivity contribution in [3.8, 4) is 0 Å². The van der Waals surface area contributed by atoms with Gasteiger partial charge >= 0.3 is 17.9 Å². The Morgan fingerprint density at radius 1 is 0.373 bits per heavy atom. The molecule has 6 nitrogen and oxygen atoms in total. The lowest BCUT2D eigenvalue weighted by atomic mass is 10.0. The molecule has 0 aliphatic carbocycles. The van der Waals surface area contributed by atoms with E-state index in [1.807, 2.05) is 0 Å². The number of carbonyl (C=O) groups is 3. The summed E-state index contributed by atoms with van der Waals surface area (Å²) in [5.74, 6) is -0.0321. The molecule has 0 saturated carbocycles. The molecule has 0 heterocycles. The first-order chi connectivity index (χ1) is 24.9. The quantitative estimate of drug-likeness (QED) is 0.0356. The van der Waals surface area contributed by atoms with Crippen LogP contribution in [0.25, 0.3) is 0 Å². The maximum absolute atomic E-state index is 12.6. The summed E-state index contributed by atoms with van der Waals surface area (Å²) in [6, 6.07) is 0. The molecule has 0 N–H and O–H groups in total. The molecule has 0 rings (SSSR count). The van der Waals surface area contributed by atoms with E-state index in [-0.39, 0.29) is 31.1 Å². The highest BCUT2D eigenvalue weighted by molar-refractivity contribution is 5.71. The molecule has 0 radical (unpaired) electrons. The van der Waals surface area contributed by atoms with Gasteiger partial charge < -0.3 is 14.2 Å². The predicted octanol–water partition coefficient (Wildman–Crippen LogP) is 13.9. The molecule has 0 aliphatic rings. The zero-order valence-corrected chi connectivity index (χ0v) is 34.6. The monoisotopic (exact) mass is 723 g/mol. The summed E-state index contributed by atoms with van der Waals surface area (Å²) in [5, 5.41) is 0. The van der Waals surface area contributed by atoms with Crippen molar-refractivity contribution >= 4 is 17.9 Å². The second-order valence-corrected chi connectivity index (χ2v) is 15.8. The second-order valence-electron chi connectivity index (χ2n) is 15.8. The van der Waals surface area contributed by atoms with Crippen molar-refractivity contribution in [2.45, 2.75) is 252 Å². The summed E-state index contributed by atoms with van der Waals surface area (Å²) in [5.41, 5.74) is 0. The van der Waals surface area contributed by atoms with Gasteiger partial charge in [0, 0.05) is 19.3 Å². The molecule has 0 bridgehead atoms. The Labute approximate surface area is 317 Å². The molecule has 0 aliphatic heterocycles. The third-order valence-corrected chi connectivity index (χ3v) is 10.0. The molecular formula is C45H86O6. The van der Waals surface area contributed by atoms with Gasteiger partial charge in [0.05, 0.1) is 0 Å². The summed E-state index contributed by atoms with van der Waals surface area (Å²) < 4.78 is 16.7. The molecule has 51 heavy (non-hydrogen) atoms. The molecule has 0 aromatic carbocycles. The molecule has 0 amide bonds. The van der Waals surface area contributed by atoms with Gasteiger partial charge in [0.15, 0.2) is 6.10 Å². The van der Waals surface area contributed by atoms with Crippen LogP contribution in [0.2, 0.25) is 0 Å². The molecule has 0 fully saturated rings. The van der Waals surface area contributed by atoms with Gasteiger partial charge in [-0.25, -0.2) is 0 Å². The van der Waals surface area contributed by atoms with E-state index >= 15 is 0 Å². The van der Waals surface area contributed by atoms with Crippen molar-refractivity contribution in [2.24, 2.45) is 5.92 Å². The third kappa shape index (κ3) is 39.5. The largest absolute Gasteiger partial charge is 0.462 e. The van der Waals surface area contributed by atoms with Crippen LogP contribution in [0, 0.1) is 5.92 Å². The fraction of sp³-hybridized carbons (Fsp3) is 0.933. The topological polar surface area (TPSA) is 78.9 Å². The lowest BCUT2D eigenvalue weighted by Gasteiger charge is -2.18. The van der Waals surface area contributed by atoms with Gasteiger partial charge in [-0.3, -0.25) is 14.4 Å². The van der Waals surface area contributed by atoms with E-state index in [1.165, 1.54) is 141 Å². The number of rotatable bonds is 40. The smallest absolute Gasteiger partial charge is 0.306 e. The average Bonchev–Trinajstić information content (AvgIpc) is 3.11. The van der Waals surface area contributed by atoms with Crippen molar-refractivity contribution in [3.63, 3.8) is 0 Å². The molecule has 0 aromatic heterocycles. The van der Waals surface area contributed by atoms with E-state index in [0.717, 1.165) is 63.7 Å². The Hall–Kier alpha value is -1.59. The highest BCUT2D eigenvalue weighted by Gasteiger charge is 2.19. The Morgan fingerprint density at radius 2 is 0.647 bits per heavy atom. The normalized spacial score (nSPS) is 11.9. The van der Waals surface area contributed by atoms with Crippen LogP contribution in [0.5, 0.6) is 0 Å². The van der Waals surface area contributed by atoms with E-state index in [2.05, 4.69) is 27.7 Å². The highest BCUT2D eigenvalue weighted by Crippen LogP contribution is 2.16. The van der Waals surface area contributed by atoms with Crippen molar-refractivity contribution in [1.82, 2.24) is 0 Å². The van der Waals surface area contributed by atoms with Gasteiger partial charge in [-0.2, -0.15) is 0 Å². The first-order valence-corrected chi connectivity index (χ1v) is 22.4. The zero-order valence-electron chi connectivity index (χ0n) is 34.6. The van der Waals surface area contributed by atoms with Crippen LogP contribution in [-0.2, 0) is 28.6 Å². The highest BCUT2D eigenvalue weighted by atomic mass is 16.6. The van der Waals surface area contributed by atoms with Crippen LogP contribution < -0.4 is 0 Å². The summed E-state index contributed by atoms with van der Waals surface area (Å²) in [7, 11) is 0. The fourth-order valence-electron chi connectivity index (χ4n) is 6.63. The summed E-state index contributed by atoms with van der Waals surface area (Å²) in [6.07, 6.45) is 38.0. The van der Waals surface area contributed by atoms with Crippen molar-refractivity contribution in [3.05, 3.63) is 0 Å². The minimum absolute atomic E-state index is 0.0641. The molecule has 0 saturated heterocycles. The standard InChI is InChI=1S/C45H86O6/c1-5-7-9-11-13-15-21-24-28-32-36-43(46)49-39-42(51-45(48)38-34-30-26-19-14-12-10-8-6-2)40-50-44(47)37-33-29-25-22-18-16-17-20-23-27-31-35-41(3)4/h41-42H,5-40H2,1-4H3/t42-/m0/s1. The molecule has 0 spiro atoms. The number of hydrogen-bond acceptors (Lipinski definition) is 6. The number of esters is 3. The van der Waals surface area contributed by atoms with E-state index in [4.69, 9.17) is 14.2 Å². The zero-order chi connectivity index (χ0) is 37.5. The summed E-state index contributed by atoms with van der Waals surface area (Å²) in [6.45, 7) is 8.96. The first-order valence-electron chi connectivity index (χ1n) is 22.4. The van der Waals surface area contributed by atoms with Crippen molar-refractivity contribution in [2.75, 3.05) is 13.2 Å². The van der Waals surface area contributed by atoms with E-state index in [9.17, 15) is 14.4 Å². The maximum atomic E-state index is 12.6. The number of carbonyl (C=O) groups excluding carboxylic acids is 3. The summed E-state index contributed by atoms with van der Waals surface area (Å²) in [4.78, 5) is 37.6. The Balaban J connectivity index is 4.29. The van der Waals surface area contributed by atoms with Gasteiger partial charge in [-0.1, -0.05) is 207 Å². The van der Waals surface area contributed by atoms with Crippen molar-refractivity contribution < 1.29 is 28.6 Å². The molecule has 6 heteroatoms. The van der Waals surface area contributed by atoms with Crippen LogP contribution in [0.15, 0.2) is 0 Å². The number of ether oxygens (including phenoxy) is 3. The minimum Gasteiger partial charge on any atom is -0.462 e. The fourth-order valence-corrected chi connectivity index (χ4v) is 6.63. The van der Waals surface area contributed by atoms with Crippen LogP contribution >= 0.6 is 0 Å². The average molecular weight is 723 g/mol. The SMILES string of the molecule is CCCCCCCCCCCCC(=O)OC[C@@H](COC(=O)CCCCCCCCCCCCCC(C)C)OC(=O)CCCCCCCCCCC. The van der Waals surface area contributed by atoms with E-state index in [1.54, 1.807) is 0 Å². The molecule has 0 unspecified atom stereocenters. The van der Waals surface area contributed by atoms with Gasteiger partial charge in [0.25, 0.3) is 0 Å². The van der Waals surface area contributed by atoms with E-state index in [0.29, 0.717) is 19.3 Å². The number of unbranched alkanes of at least 4 members (excludes halogenated alkanes) is 27. The molecule has 1 atom stereocenters. The third-order valence-electron chi connectivity index (χ3n) is 10.0. The lowest BCUT2D eigenvalue weighted by Crippen LogP contribution is -2.30. The number of hydrogen-bond donors (Lipinski definition) is 0. The Kier molecular flexibility index (Phi) is 38.4. The summed E-state index contributed by atoms with van der Waals surface area (Å²) >= 11 is 0. The van der Waals surface area contributed by atoms with Crippen LogP contribution in [0.4, 0.5) is 0 Å². The first kappa shape index (κ1) is 49.4. The molecule has 0 aromatic rings. The molecular weight excluding hydrogens is 636 g/mol. The van der Waals surface area contributed by atoms with Crippen LogP contribution in [0.3, 0.4) is 0 Å². The Morgan fingerprint density at radius 3 is 0.961 bits per heavy atom. The van der Waals surface area contributed by atoms with Crippen molar-refractivity contribution in [1.29, 1.82) is 0 Å². The molecule has 302 valence electrons. The van der Waals surface area contributed by atoms with Gasteiger partial charge in [0.1, 0.15) is 13.2 Å². The van der Waals surface area contributed by atoms with Crippen LogP contribution in [-0.4, -0.2) is 37.2 Å². The van der Waals surface area contributed by atoms with E-state index < -0.39 is 6.10 Å². The minimum atomic E-state index is -0.758. The van der Waals surface area contributed by atoms with Gasteiger partial charge in [-0.15, -0.1) is 0 Å². The lowest BCUT2D eigenvalue weighted by molar-refractivity contribution is -0.167. The van der Waals surface area contributed by atoms with Gasteiger partial charge in [-0.05, 0) is 25.2 Å². The maximum Gasteiger partial charge on any atom is 0.306 e. The van der Waals surface area contributed by atoms with Gasteiger partial charge in [0.2, 0.25) is 0 Å². The Bertz CT molecular complexity index is 766.